The first-order valence-corrected chi connectivity index (χ1v) is 10.4. The van der Waals surface area contributed by atoms with Gasteiger partial charge in [-0.1, -0.05) is 41.9 Å². The van der Waals surface area contributed by atoms with E-state index in [1.54, 1.807) is 25.1 Å². The third-order valence-electron chi connectivity index (χ3n) is 5.80. The maximum absolute atomic E-state index is 13.1. The van der Waals surface area contributed by atoms with Crippen molar-refractivity contribution in [2.75, 3.05) is 13.1 Å². The molecule has 4 rings (SSSR count). The maximum Gasteiger partial charge on any atom is 0.255 e. The van der Waals surface area contributed by atoms with Crippen molar-refractivity contribution < 1.29 is 14.3 Å². The van der Waals surface area contributed by atoms with Crippen LogP contribution in [0.3, 0.4) is 0 Å². The number of rotatable bonds is 5. The van der Waals surface area contributed by atoms with Gasteiger partial charge in [-0.15, -0.1) is 0 Å². The van der Waals surface area contributed by atoms with Crippen LogP contribution in [0.4, 0.5) is 0 Å². The quantitative estimate of drug-likeness (QED) is 0.802. The number of hydrogen-bond donors (Lipinski definition) is 1. The predicted octanol–water partition coefficient (Wildman–Crippen LogP) is 4.15. The molecule has 1 heterocycles. The Morgan fingerprint density at radius 2 is 1.79 bits per heavy atom. The van der Waals surface area contributed by atoms with E-state index in [0.29, 0.717) is 29.4 Å². The molecule has 0 bridgehead atoms. The van der Waals surface area contributed by atoms with Gasteiger partial charge in [-0.05, 0) is 36.6 Å². The molecule has 6 heteroatoms. The fraction of sp³-hybridized carbons (Fsp3) is 0.391. The summed E-state index contributed by atoms with van der Waals surface area (Å²) in [5.41, 5.74) is 1.27. The number of nitrogens with one attached hydrogen (secondary N) is 1. The van der Waals surface area contributed by atoms with E-state index in [1.807, 2.05) is 35.2 Å². The molecule has 0 spiro atoms. The largest absolute Gasteiger partial charge is 0.489 e. The van der Waals surface area contributed by atoms with E-state index < -0.39 is 0 Å². The molecule has 1 aliphatic carbocycles. The highest BCUT2D eigenvalue weighted by Gasteiger charge is 2.46. The van der Waals surface area contributed by atoms with Crippen LogP contribution in [0.25, 0.3) is 0 Å². The van der Waals surface area contributed by atoms with Crippen molar-refractivity contribution in [3.8, 4) is 5.75 Å². The van der Waals surface area contributed by atoms with E-state index >= 15 is 0 Å². The van der Waals surface area contributed by atoms with Gasteiger partial charge >= 0.3 is 0 Å². The summed E-state index contributed by atoms with van der Waals surface area (Å²) in [6.07, 6.45) is 3.31. The highest BCUT2D eigenvalue weighted by atomic mass is 35.5. The lowest BCUT2D eigenvalue weighted by atomic mass is 10.0. The van der Waals surface area contributed by atoms with Crippen LogP contribution in [0.5, 0.6) is 5.75 Å². The number of amides is 2. The first-order valence-electron chi connectivity index (χ1n) is 10.1. The molecule has 2 fully saturated rings. The Bertz CT molecular complexity index is 904. The van der Waals surface area contributed by atoms with Crippen molar-refractivity contribution in [1.82, 2.24) is 10.2 Å². The minimum absolute atomic E-state index is 0.0256. The zero-order valence-corrected chi connectivity index (χ0v) is 17.2. The fourth-order valence-corrected chi connectivity index (χ4v) is 4.08. The number of carbonyl (C=O) groups excluding carboxylic acids is 2. The fourth-order valence-electron chi connectivity index (χ4n) is 3.90. The topological polar surface area (TPSA) is 58.6 Å². The van der Waals surface area contributed by atoms with Crippen LogP contribution in [0, 0.1) is 0 Å². The Labute approximate surface area is 176 Å². The third kappa shape index (κ3) is 4.40. The van der Waals surface area contributed by atoms with Crippen LogP contribution in [0.2, 0.25) is 5.02 Å². The summed E-state index contributed by atoms with van der Waals surface area (Å²) in [6, 6.07) is 15.2. The van der Waals surface area contributed by atoms with Gasteiger partial charge in [0.1, 0.15) is 11.9 Å². The molecule has 0 aromatic heterocycles. The summed E-state index contributed by atoms with van der Waals surface area (Å²) in [5.74, 6) is 0.452. The summed E-state index contributed by atoms with van der Waals surface area (Å²) in [4.78, 5) is 26.5. The Morgan fingerprint density at radius 3 is 2.41 bits per heavy atom. The number of ether oxygens (including phenoxy) is 1. The second-order valence-electron chi connectivity index (χ2n) is 7.87. The van der Waals surface area contributed by atoms with E-state index in [0.717, 1.165) is 31.2 Å². The number of halogens is 1. The van der Waals surface area contributed by atoms with Gasteiger partial charge in [-0.3, -0.25) is 9.59 Å². The third-order valence-corrected chi connectivity index (χ3v) is 6.03. The molecule has 152 valence electrons. The van der Waals surface area contributed by atoms with Crippen molar-refractivity contribution in [3.05, 3.63) is 64.7 Å². The van der Waals surface area contributed by atoms with E-state index in [4.69, 9.17) is 16.3 Å². The lowest BCUT2D eigenvalue weighted by Gasteiger charge is -2.32. The monoisotopic (exact) mass is 412 g/mol. The van der Waals surface area contributed by atoms with Gasteiger partial charge in [0.2, 0.25) is 5.91 Å². The number of likely N-dealkylation sites (tertiary alicyclic amines) is 1. The first kappa shape index (κ1) is 19.8. The SMILES string of the molecule is CC(=O)N1CCC(Oc2ccc(Cl)cc2C(=O)NC2(c3ccccc3)CC2)CC1. The zero-order valence-electron chi connectivity index (χ0n) is 16.5. The Balaban J connectivity index is 1.48. The summed E-state index contributed by atoms with van der Waals surface area (Å²) in [7, 11) is 0. The van der Waals surface area contributed by atoms with E-state index in [-0.39, 0.29) is 23.5 Å². The standard InChI is InChI=1S/C23H25ClN2O3/c1-16(27)26-13-9-19(10-14-26)29-21-8-7-18(24)15-20(21)22(28)25-23(11-12-23)17-5-3-2-4-6-17/h2-8,15,19H,9-14H2,1H3,(H,25,28). The van der Waals surface area contributed by atoms with Gasteiger partial charge < -0.3 is 15.0 Å². The molecular weight excluding hydrogens is 388 g/mol. The van der Waals surface area contributed by atoms with E-state index in [9.17, 15) is 9.59 Å². The number of piperidine rings is 1. The van der Waals surface area contributed by atoms with Gasteiger partial charge in [0, 0.05) is 37.9 Å². The van der Waals surface area contributed by atoms with Crippen LogP contribution >= 0.6 is 11.6 Å². The van der Waals surface area contributed by atoms with E-state index in [1.165, 1.54) is 0 Å². The number of benzene rings is 2. The first-order chi connectivity index (χ1) is 14.0. The van der Waals surface area contributed by atoms with Crippen LogP contribution in [0.1, 0.15) is 48.5 Å². The molecule has 2 aromatic rings. The van der Waals surface area contributed by atoms with Crippen LogP contribution in [-0.4, -0.2) is 35.9 Å². The average molecular weight is 413 g/mol. The second-order valence-corrected chi connectivity index (χ2v) is 8.30. The van der Waals surface area contributed by atoms with Gasteiger partial charge in [-0.2, -0.15) is 0 Å². The van der Waals surface area contributed by atoms with Crippen molar-refractivity contribution in [1.29, 1.82) is 0 Å². The molecule has 1 saturated heterocycles. The van der Waals surface area contributed by atoms with Crippen molar-refractivity contribution in [3.63, 3.8) is 0 Å². The lowest BCUT2D eigenvalue weighted by Crippen LogP contribution is -2.41. The summed E-state index contributed by atoms with van der Waals surface area (Å²) in [5, 5.41) is 3.69. The minimum atomic E-state index is -0.301. The van der Waals surface area contributed by atoms with Crippen LogP contribution < -0.4 is 10.1 Å². The summed E-state index contributed by atoms with van der Waals surface area (Å²) < 4.78 is 6.17. The molecule has 0 radical (unpaired) electrons. The van der Waals surface area contributed by atoms with Crippen LogP contribution in [-0.2, 0) is 10.3 Å². The number of carbonyl (C=O) groups is 2. The molecule has 2 aromatic carbocycles. The Morgan fingerprint density at radius 1 is 1.10 bits per heavy atom. The summed E-state index contributed by atoms with van der Waals surface area (Å²) in [6.45, 7) is 2.93. The smallest absolute Gasteiger partial charge is 0.255 e. The predicted molar refractivity (Wildman–Crippen MR) is 112 cm³/mol. The van der Waals surface area contributed by atoms with Gasteiger partial charge in [0.05, 0.1) is 11.1 Å². The molecule has 0 atom stereocenters. The number of hydrogen-bond acceptors (Lipinski definition) is 3. The highest BCUT2D eigenvalue weighted by molar-refractivity contribution is 6.31. The van der Waals surface area contributed by atoms with Crippen molar-refractivity contribution >= 4 is 23.4 Å². The molecule has 29 heavy (non-hydrogen) atoms. The normalized spacial score (nSPS) is 18.2. The van der Waals surface area contributed by atoms with Crippen LogP contribution in [0.15, 0.2) is 48.5 Å². The minimum Gasteiger partial charge on any atom is -0.489 e. The molecule has 1 aliphatic heterocycles. The Hall–Kier alpha value is -2.53. The number of nitrogens with zero attached hydrogens (tertiary/aromatic N) is 1. The molecule has 2 amide bonds. The average Bonchev–Trinajstić information content (AvgIpc) is 3.51. The van der Waals surface area contributed by atoms with E-state index in [2.05, 4.69) is 5.32 Å². The molecule has 1 N–H and O–H groups in total. The molecule has 0 unspecified atom stereocenters. The second kappa shape index (κ2) is 8.07. The summed E-state index contributed by atoms with van der Waals surface area (Å²) >= 11 is 6.18. The maximum atomic E-state index is 13.1. The van der Waals surface area contributed by atoms with Gasteiger partial charge in [0.15, 0.2) is 0 Å². The van der Waals surface area contributed by atoms with Gasteiger partial charge in [-0.25, -0.2) is 0 Å². The molecule has 2 aliphatic rings. The molecule has 1 saturated carbocycles. The molecular formula is C23H25ClN2O3. The van der Waals surface area contributed by atoms with Crippen molar-refractivity contribution in [2.45, 2.75) is 44.2 Å². The zero-order chi connectivity index (χ0) is 20.4. The van der Waals surface area contributed by atoms with Crippen molar-refractivity contribution in [2.24, 2.45) is 0 Å². The lowest BCUT2D eigenvalue weighted by molar-refractivity contribution is -0.130. The Kier molecular flexibility index (Phi) is 5.50. The van der Waals surface area contributed by atoms with Gasteiger partial charge in [0.25, 0.3) is 5.91 Å². The molecule has 5 nitrogen and oxygen atoms in total. The highest BCUT2D eigenvalue weighted by Crippen LogP contribution is 2.45.